The van der Waals surface area contributed by atoms with Crippen LogP contribution in [0.5, 0.6) is 5.88 Å². The van der Waals surface area contributed by atoms with Gasteiger partial charge in [-0.1, -0.05) is 0 Å². The van der Waals surface area contributed by atoms with Crippen molar-refractivity contribution in [2.45, 2.75) is 6.42 Å². The number of hydrogen-bond donors (Lipinski definition) is 1. The van der Waals surface area contributed by atoms with Crippen molar-refractivity contribution in [1.29, 1.82) is 0 Å². The van der Waals surface area contributed by atoms with Crippen molar-refractivity contribution < 1.29 is 9.47 Å². The van der Waals surface area contributed by atoms with Gasteiger partial charge in [-0.3, -0.25) is 0 Å². The molecule has 3 heterocycles. The first-order valence-corrected chi connectivity index (χ1v) is 5.63. The molecular weight excluding hydrogens is 220 g/mol. The fourth-order valence-corrected chi connectivity index (χ4v) is 1.91. The summed E-state index contributed by atoms with van der Waals surface area (Å²) < 4.78 is 12.6. The van der Waals surface area contributed by atoms with E-state index in [-0.39, 0.29) is 0 Å². The fourth-order valence-electron chi connectivity index (χ4n) is 1.91. The zero-order chi connectivity index (χ0) is 11.7. The summed E-state index contributed by atoms with van der Waals surface area (Å²) in [5.41, 5.74) is 6.51. The highest BCUT2D eigenvalue weighted by molar-refractivity contribution is 5.65. The molecule has 90 valence electrons. The van der Waals surface area contributed by atoms with Crippen LogP contribution in [0, 0.1) is 5.92 Å². The maximum Gasteiger partial charge on any atom is 0.233 e. The Morgan fingerprint density at radius 3 is 3.29 bits per heavy atom. The molecule has 1 fully saturated rings. The van der Waals surface area contributed by atoms with E-state index in [9.17, 15) is 0 Å². The lowest BCUT2D eigenvalue weighted by atomic mass is 10.1. The van der Waals surface area contributed by atoms with Crippen molar-refractivity contribution in [3.63, 3.8) is 0 Å². The molecular formula is C11H14N4O2. The predicted octanol–water partition coefficient (Wildman–Crippen LogP) is 0.727. The van der Waals surface area contributed by atoms with Gasteiger partial charge >= 0.3 is 0 Å². The minimum absolute atomic E-state index is 0.457. The van der Waals surface area contributed by atoms with E-state index >= 15 is 0 Å². The molecule has 3 rings (SSSR count). The maximum atomic E-state index is 5.74. The minimum Gasteiger partial charge on any atom is -0.476 e. The van der Waals surface area contributed by atoms with E-state index in [1.807, 2.05) is 0 Å². The molecule has 1 atom stereocenters. The van der Waals surface area contributed by atoms with Gasteiger partial charge in [0.15, 0.2) is 0 Å². The number of rotatable bonds is 3. The molecule has 6 nitrogen and oxygen atoms in total. The SMILES string of the molecule is Nc1nccn2nc(OCC3CCOC3)cc12. The van der Waals surface area contributed by atoms with Gasteiger partial charge in [0.1, 0.15) is 11.3 Å². The molecule has 0 spiro atoms. The monoisotopic (exact) mass is 234 g/mol. The average molecular weight is 234 g/mol. The standard InChI is InChI=1S/C11H14N4O2/c12-11-9-5-10(14-15(9)3-2-13-11)17-7-8-1-4-16-6-8/h2-3,5,8H,1,4,6-7H2,(H2,12,13). The van der Waals surface area contributed by atoms with Gasteiger partial charge in [0, 0.05) is 31.0 Å². The first kappa shape index (κ1) is 10.3. The van der Waals surface area contributed by atoms with E-state index < -0.39 is 0 Å². The lowest BCUT2D eigenvalue weighted by Crippen LogP contribution is -2.11. The third kappa shape index (κ3) is 2.03. The maximum absolute atomic E-state index is 5.74. The number of hydrogen-bond acceptors (Lipinski definition) is 5. The minimum atomic E-state index is 0.457. The van der Waals surface area contributed by atoms with Crippen molar-refractivity contribution in [1.82, 2.24) is 14.6 Å². The van der Waals surface area contributed by atoms with E-state index in [0.717, 1.165) is 25.2 Å². The zero-order valence-electron chi connectivity index (χ0n) is 9.37. The third-order valence-electron chi connectivity index (χ3n) is 2.89. The van der Waals surface area contributed by atoms with Crippen LogP contribution in [0.3, 0.4) is 0 Å². The summed E-state index contributed by atoms with van der Waals surface area (Å²) in [7, 11) is 0. The molecule has 17 heavy (non-hydrogen) atoms. The van der Waals surface area contributed by atoms with Crippen LogP contribution in [0.2, 0.25) is 0 Å². The average Bonchev–Trinajstić information content (AvgIpc) is 2.95. The molecule has 1 saturated heterocycles. The Morgan fingerprint density at radius 1 is 1.59 bits per heavy atom. The van der Waals surface area contributed by atoms with Gasteiger partial charge in [-0.25, -0.2) is 9.50 Å². The second kappa shape index (κ2) is 4.21. The number of nitrogens with two attached hydrogens (primary N) is 1. The smallest absolute Gasteiger partial charge is 0.233 e. The Labute approximate surface area is 98.3 Å². The number of nitrogens with zero attached hydrogens (tertiary/aromatic N) is 3. The second-order valence-corrected chi connectivity index (χ2v) is 4.17. The van der Waals surface area contributed by atoms with Gasteiger partial charge in [0.25, 0.3) is 0 Å². The highest BCUT2D eigenvalue weighted by atomic mass is 16.5. The van der Waals surface area contributed by atoms with E-state index in [1.165, 1.54) is 0 Å². The van der Waals surface area contributed by atoms with Crippen molar-refractivity contribution in [3.05, 3.63) is 18.5 Å². The predicted molar refractivity (Wildman–Crippen MR) is 61.8 cm³/mol. The van der Waals surface area contributed by atoms with E-state index in [4.69, 9.17) is 15.2 Å². The number of nitrogen functional groups attached to an aromatic ring is 1. The van der Waals surface area contributed by atoms with Crippen LogP contribution in [0.1, 0.15) is 6.42 Å². The molecule has 0 saturated carbocycles. The summed E-state index contributed by atoms with van der Waals surface area (Å²) in [6.07, 6.45) is 4.41. The van der Waals surface area contributed by atoms with Crippen LogP contribution in [0.4, 0.5) is 5.82 Å². The summed E-state index contributed by atoms with van der Waals surface area (Å²) in [5.74, 6) is 1.51. The highest BCUT2D eigenvalue weighted by Gasteiger charge is 2.17. The summed E-state index contributed by atoms with van der Waals surface area (Å²) in [4.78, 5) is 4.00. The first-order chi connectivity index (χ1) is 8.33. The van der Waals surface area contributed by atoms with E-state index in [1.54, 1.807) is 23.0 Å². The number of ether oxygens (including phenoxy) is 2. The molecule has 1 unspecified atom stereocenters. The number of anilines is 1. The summed E-state index contributed by atoms with van der Waals surface area (Å²) >= 11 is 0. The Kier molecular flexibility index (Phi) is 2.56. The van der Waals surface area contributed by atoms with Gasteiger partial charge in [-0.2, -0.15) is 0 Å². The second-order valence-electron chi connectivity index (χ2n) is 4.17. The van der Waals surface area contributed by atoms with Crippen LogP contribution in [0.25, 0.3) is 5.52 Å². The van der Waals surface area contributed by atoms with Gasteiger partial charge in [-0.15, -0.1) is 5.10 Å². The van der Waals surface area contributed by atoms with Crippen molar-refractivity contribution in [3.8, 4) is 5.88 Å². The lowest BCUT2D eigenvalue weighted by Gasteiger charge is -2.06. The normalized spacial score (nSPS) is 19.9. The zero-order valence-corrected chi connectivity index (χ0v) is 9.37. The summed E-state index contributed by atoms with van der Waals surface area (Å²) in [6.45, 7) is 2.24. The number of aromatic nitrogens is 3. The molecule has 0 amide bonds. The first-order valence-electron chi connectivity index (χ1n) is 5.63. The largest absolute Gasteiger partial charge is 0.476 e. The molecule has 0 radical (unpaired) electrons. The quantitative estimate of drug-likeness (QED) is 0.847. The van der Waals surface area contributed by atoms with Gasteiger partial charge in [-0.05, 0) is 6.42 Å². The van der Waals surface area contributed by atoms with Crippen LogP contribution in [-0.2, 0) is 4.74 Å². The fraction of sp³-hybridized carbons (Fsp3) is 0.455. The molecule has 6 heteroatoms. The molecule has 2 N–H and O–H groups in total. The topological polar surface area (TPSA) is 74.7 Å². The van der Waals surface area contributed by atoms with Crippen molar-refractivity contribution >= 4 is 11.3 Å². The molecule has 0 aromatic carbocycles. The Balaban J connectivity index is 1.74. The highest BCUT2D eigenvalue weighted by Crippen LogP contribution is 2.19. The van der Waals surface area contributed by atoms with Crippen LogP contribution in [0.15, 0.2) is 18.5 Å². The van der Waals surface area contributed by atoms with E-state index in [0.29, 0.717) is 24.2 Å². The van der Waals surface area contributed by atoms with Crippen LogP contribution < -0.4 is 10.5 Å². The van der Waals surface area contributed by atoms with Gasteiger partial charge in [0.05, 0.1) is 13.2 Å². The summed E-state index contributed by atoms with van der Waals surface area (Å²) in [5, 5.41) is 4.27. The van der Waals surface area contributed by atoms with Gasteiger partial charge in [0.2, 0.25) is 5.88 Å². The Morgan fingerprint density at radius 2 is 2.53 bits per heavy atom. The summed E-state index contributed by atoms with van der Waals surface area (Å²) in [6, 6.07) is 1.80. The molecule has 0 bridgehead atoms. The number of fused-ring (bicyclic) bond motifs is 1. The molecule has 2 aromatic heterocycles. The molecule has 2 aromatic rings. The molecule has 0 aliphatic carbocycles. The molecule has 1 aliphatic rings. The Bertz CT molecular complexity index is 519. The Hall–Kier alpha value is -1.82. The molecule has 1 aliphatic heterocycles. The van der Waals surface area contributed by atoms with Crippen molar-refractivity contribution in [2.75, 3.05) is 25.6 Å². The van der Waals surface area contributed by atoms with E-state index in [2.05, 4.69) is 10.1 Å². The van der Waals surface area contributed by atoms with Crippen molar-refractivity contribution in [2.24, 2.45) is 5.92 Å². The lowest BCUT2D eigenvalue weighted by molar-refractivity contribution is 0.165. The third-order valence-corrected chi connectivity index (χ3v) is 2.89. The van der Waals surface area contributed by atoms with Crippen LogP contribution in [-0.4, -0.2) is 34.4 Å². The van der Waals surface area contributed by atoms with Gasteiger partial charge < -0.3 is 15.2 Å². The van der Waals surface area contributed by atoms with Crippen LogP contribution >= 0.6 is 0 Å².